The molecule has 1 aromatic heterocycles. The molecule has 0 fully saturated rings. The van der Waals surface area contributed by atoms with E-state index in [0.717, 1.165) is 11.3 Å². The molecule has 1 aromatic carbocycles. The number of para-hydroxylation sites is 1. The number of amides is 1. The van der Waals surface area contributed by atoms with Gasteiger partial charge in [-0.15, -0.1) is 0 Å². The molecule has 1 unspecified atom stereocenters. The molecule has 20 heavy (non-hydrogen) atoms. The fraction of sp³-hybridized carbons (Fsp3) is 0.333. The Kier molecular flexibility index (Phi) is 4.90. The van der Waals surface area contributed by atoms with Gasteiger partial charge < -0.3 is 11.1 Å². The number of benzene rings is 1. The van der Waals surface area contributed by atoms with Crippen molar-refractivity contribution in [2.75, 3.05) is 5.32 Å². The first kappa shape index (κ1) is 14.3. The summed E-state index contributed by atoms with van der Waals surface area (Å²) in [5, 5.41) is 7.12. The summed E-state index contributed by atoms with van der Waals surface area (Å²) in [5.41, 5.74) is 7.53. The molecule has 2 aromatic rings. The highest BCUT2D eigenvalue weighted by Crippen LogP contribution is 2.16. The van der Waals surface area contributed by atoms with E-state index >= 15 is 0 Å². The molecule has 1 amide bonds. The molecule has 5 nitrogen and oxygen atoms in total. The topological polar surface area (TPSA) is 72.9 Å². The van der Waals surface area contributed by atoms with Crippen molar-refractivity contribution in [1.29, 1.82) is 0 Å². The summed E-state index contributed by atoms with van der Waals surface area (Å²) < 4.78 is 1.83. The van der Waals surface area contributed by atoms with Crippen molar-refractivity contribution in [3.8, 4) is 0 Å². The molecule has 5 heteroatoms. The molecular formula is C15H20N4O. The Morgan fingerprint density at radius 1 is 1.40 bits per heavy atom. The maximum atomic E-state index is 11.9. The predicted molar refractivity (Wildman–Crippen MR) is 79.3 cm³/mol. The quantitative estimate of drug-likeness (QED) is 0.844. The van der Waals surface area contributed by atoms with Gasteiger partial charge in [-0.25, -0.2) is 0 Å². The highest BCUT2D eigenvalue weighted by molar-refractivity contribution is 5.91. The largest absolute Gasteiger partial charge is 0.328 e. The van der Waals surface area contributed by atoms with Crippen molar-refractivity contribution in [2.45, 2.75) is 32.4 Å². The first-order valence-corrected chi connectivity index (χ1v) is 6.76. The summed E-state index contributed by atoms with van der Waals surface area (Å²) in [7, 11) is 0. The Hall–Kier alpha value is -2.14. The van der Waals surface area contributed by atoms with Gasteiger partial charge in [-0.2, -0.15) is 5.10 Å². The van der Waals surface area contributed by atoms with E-state index in [4.69, 9.17) is 5.73 Å². The summed E-state index contributed by atoms with van der Waals surface area (Å²) >= 11 is 0. The summed E-state index contributed by atoms with van der Waals surface area (Å²) in [6.07, 6.45) is 4.76. The molecule has 0 radical (unpaired) electrons. The zero-order valence-electron chi connectivity index (χ0n) is 11.6. The van der Waals surface area contributed by atoms with Gasteiger partial charge in [-0.3, -0.25) is 9.48 Å². The third-order valence-electron chi connectivity index (χ3n) is 3.01. The Bertz CT molecular complexity index is 549. The van der Waals surface area contributed by atoms with Gasteiger partial charge in [0.25, 0.3) is 0 Å². The van der Waals surface area contributed by atoms with E-state index in [1.807, 2.05) is 48.1 Å². The van der Waals surface area contributed by atoms with E-state index in [1.165, 1.54) is 0 Å². The molecule has 0 saturated heterocycles. The normalized spacial score (nSPS) is 12.1. The fourth-order valence-electron chi connectivity index (χ4n) is 1.92. The number of nitrogens with one attached hydrogen (secondary N) is 1. The maximum absolute atomic E-state index is 11.9. The lowest BCUT2D eigenvalue weighted by atomic mass is 10.1. The van der Waals surface area contributed by atoms with E-state index < -0.39 is 0 Å². The van der Waals surface area contributed by atoms with Gasteiger partial charge in [0.15, 0.2) is 0 Å². The molecule has 0 spiro atoms. The molecule has 2 rings (SSSR count). The minimum Gasteiger partial charge on any atom is -0.328 e. The number of nitrogens with zero attached hydrogens (tertiary/aromatic N) is 2. The van der Waals surface area contributed by atoms with E-state index in [9.17, 15) is 4.79 Å². The first-order valence-electron chi connectivity index (χ1n) is 6.76. The van der Waals surface area contributed by atoms with Crippen LogP contribution in [-0.2, 0) is 11.3 Å². The Morgan fingerprint density at radius 2 is 2.20 bits per heavy atom. The van der Waals surface area contributed by atoms with Crippen LogP contribution in [0.1, 0.15) is 25.3 Å². The summed E-state index contributed by atoms with van der Waals surface area (Å²) in [6, 6.07) is 9.68. The van der Waals surface area contributed by atoms with Crippen LogP contribution in [0.25, 0.3) is 0 Å². The lowest BCUT2D eigenvalue weighted by molar-refractivity contribution is -0.116. The highest BCUT2D eigenvalue weighted by atomic mass is 16.1. The van der Waals surface area contributed by atoms with Crippen LogP contribution in [-0.4, -0.2) is 21.7 Å². The Labute approximate surface area is 118 Å². The van der Waals surface area contributed by atoms with E-state index in [-0.39, 0.29) is 11.9 Å². The van der Waals surface area contributed by atoms with Crippen LogP contribution in [0.5, 0.6) is 0 Å². The lowest BCUT2D eigenvalue weighted by Crippen LogP contribution is -2.20. The minimum absolute atomic E-state index is 0.00443. The molecular weight excluding hydrogens is 252 g/mol. The van der Waals surface area contributed by atoms with Crippen molar-refractivity contribution < 1.29 is 4.79 Å². The number of carbonyl (C=O) groups is 1. The molecule has 3 N–H and O–H groups in total. The predicted octanol–water partition coefficient (Wildman–Crippen LogP) is 2.00. The van der Waals surface area contributed by atoms with E-state index in [2.05, 4.69) is 10.4 Å². The number of carbonyl (C=O) groups excluding carboxylic acids is 1. The number of aromatic nitrogens is 2. The summed E-state index contributed by atoms with van der Waals surface area (Å²) in [6.45, 7) is 2.54. The van der Waals surface area contributed by atoms with Crippen LogP contribution >= 0.6 is 0 Å². The van der Waals surface area contributed by atoms with Crippen LogP contribution in [0.2, 0.25) is 0 Å². The monoisotopic (exact) mass is 272 g/mol. The van der Waals surface area contributed by atoms with Crippen molar-refractivity contribution in [2.24, 2.45) is 5.73 Å². The van der Waals surface area contributed by atoms with Gasteiger partial charge in [-0.05, 0) is 31.0 Å². The standard InChI is InChI=1S/C15H20N4O/c1-12(16)7-8-15(20)18-14-6-3-2-5-13(14)11-19-10-4-9-17-19/h2-6,9-10,12H,7-8,11,16H2,1H3,(H,18,20). The number of rotatable bonds is 6. The van der Waals surface area contributed by atoms with Crippen LogP contribution in [0.3, 0.4) is 0 Å². The zero-order chi connectivity index (χ0) is 14.4. The third kappa shape index (κ3) is 4.20. The van der Waals surface area contributed by atoms with Crippen LogP contribution in [0.15, 0.2) is 42.7 Å². The molecule has 1 heterocycles. The molecule has 0 bridgehead atoms. The van der Waals surface area contributed by atoms with Gasteiger partial charge in [0.05, 0.1) is 6.54 Å². The summed E-state index contributed by atoms with van der Waals surface area (Å²) in [4.78, 5) is 11.9. The highest BCUT2D eigenvalue weighted by Gasteiger charge is 2.08. The molecule has 106 valence electrons. The van der Waals surface area contributed by atoms with Crippen LogP contribution in [0.4, 0.5) is 5.69 Å². The average molecular weight is 272 g/mol. The van der Waals surface area contributed by atoms with Crippen molar-refractivity contribution in [3.05, 3.63) is 48.3 Å². The molecule has 0 aliphatic rings. The fourth-order valence-corrected chi connectivity index (χ4v) is 1.92. The number of hydrogen-bond donors (Lipinski definition) is 2. The number of nitrogens with two attached hydrogens (primary N) is 1. The van der Waals surface area contributed by atoms with Crippen molar-refractivity contribution in [3.63, 3.8) is 0 Å². The van der Waals surface area contributed by atoms with Gasteiger partial charge in [0, 0.05) is 30.5 Å². The van der Waals surface area contributed by atoms with Crippen LogP contribution < -0.4 is 11.1 Å². The second-order valence-corrected chi connectivity index (χ2v) is 4.92. The van der Waals surface area contributed by atoms with Gasteiger partial charge in [-0.1, -0.05) is 18.2 Å². The van der Waals surface area contributed by atoms with Crippen LogP contribution in [0, 0.1) is 0 Å². The molecule has 0 aliphatic heterocycles. The smallest absolute Gasteiger partial charge is 0.224 e. The lowest BCUT2D eigenvalue weighted by Gasteiger charge is -2.12. The van der Waals surface area contributed by atoms with Gasteiger partial charge in [0.2, 0.25) is 5.91 Å². The summed E-state index contributed by atoms with van der Waals surface area (Å²) in [5.74, 6) is -0.00443. The van der Waals surface area contributed by atoms with E-state index in [0.29, 0.717) is 19.4 Å². The second-order valence-electron chi connectivity index (χ2n) is 4.92. The Balaban J connectivity index is 2.02. The number of hydrogen-bond acceptors (Lipinski definition) is 3. The van der Waals surface area contributed by atoms with Gasteiger partial charge in [0.1, 0.15) is 0 Å². The van der Waals surface area contributed by atoms with Gasteiger partial charge >= 0.3 is 0 Å². The van der Waals surface area contributed by atoms with E-state index in [1.54, 1.807) is 6.20 Å². The maximum Gasteiger partial charge on any atom is 0.224 e. The Morgan fingerprint density at radius 3 is 2.90 bits per heavy atom. The first-order chi connectivity index (χ1) is 9.65. The molecule has 1 atom stereocenters. The molecule has 0 saturated carbocycles. The minimum atomic E-state index is -0.00443. The second kappa shape index (κ2) is 6.86. The molecule has 0 aliphatic carbocycles. The van der Waals surface area contributed by atoms with Crippen molar-refractivity contribution in [1.82, 2.24) is 9.78 Å². The average Bonchev–Trinajstić information content (AvgIpc) is 2.92. The van der Waals surface area contributed by atoms with Crippen molar-refractivity contribution >= 4 is 11.6 Å². The third-order valence-corrected chi connectivity index (χ3v) is 3.01. The number of anilines is 1. The zero-order valence-corrected chi connectivity index (χ0v) is 11.6. The SMILES string of the molecule is CC(N)CCC(=O)Nc1ccccc1Cn1cccn1.